The summed E-state index contributed by atoms with van der Waals surface area (Å²) in [7, 11) is 0. The molecule has 0 aromatic heterocycles. The molecule has 0 saturated carbocycles. The van der Waals surface area contributed by atoms with Crippen molar-refractivity contribution in [2.45, 2.75) is 0 Å². The van der Waals surface area contributed by atoms with Crippen molar-refractivity contribution < 1.29 is 9.64 Å². The molecule has 114 valence electrons. The number of thiocarbonyl (C=S) groups is 1. The van der Waals surface area contributed by atoms with E-state index < -0.39 is 0 Å². The smallest absolute Gasteiger partial charge is 0.187 e. The van der Waals surface area contributed by atoms with Crippen LogP contribution in [0.1, 0.15) is 5.56 Å². The zero-order valence-electron chi connectivity index (χ0n) is 11.8. The fraction of sp³-hybridized carbons (Fsp3) is 0.429. The minimum absolute atomic E-state index is 0.560. The van der Waals surface area contributed by atoms with E-state index in [0.29, 0.717) is 5.11 Å². The highest BCUT2D eigenvalue weighted by Gasteiger charge is 2.12. The molecule has 3 N–H and O–H groups in total. The van der Waals surface area contributed by atoms with Gasteiger partial charge in [0.25, 0.3) is 0 Å². The van der Waals surface area contributed by atoms with E-state index in [-0.39, 0.29) is 0 Å². The van der Waals surface area contributed by atoms with Gasteiger partial charge in [0.15, 0.2) is 5.11 Å². The van der Waals surface area contributed by atoms with Gasteiger partial charge >= 0.3 is 0 Å². The monoisotopic (exact) mass is 419 g/mol. The summed E-state index contributed by atoms with van der Waals surface area (Å²) in [5.74, 6) is 0. The van der Waals surface area contributed by atoms with Crippen molar-refractivity contribution in [2.24, 2.45) is 5.10 Å². The van der Waals surface area contributed by atoms with Gasteiger partial charge in [0.05, 0.1) is 32.5 Å². The molecule has 1 saturated heterocycles. The Bertz CT molecular complexity index is 492. The van der Waals surface area contributed by atoms with Crippen LogP contribution in [0.15, 0.2) is 29.4 Å². The van der Waals surface area contributed by atoms with Gasteiger partial charge in [-0.1, -0.05) is 18.2 Å². The number of quaternary nitrogens is 1. The average Bonchev–Trinajstić information content (AvgIpc) is 2.50. The van der Waals surface area contributed by atoms with Gasteiger partial charge in [-0.15, -0.1) is 0 Å². The van der Waals surface area contributed by atoms with E-state index in [9.17, 15) is 0 Å². The molecule has 1 aromatic rings. The zero-order chi connectivity index (χ0) is 14.9. The van der Waals surface area contributed by atoms with E-state index >= 15 is 0 Å². The molecule has 1 fully saturated rings. The van der Waals surface area contributed by atoms with E-state index in [1.54, 1.807) is 11.1 Å². The summed E-state index contributed by atoms with van der Waals surface area (Å²) in [6.07, 6.45) is 1.78. The molecule has 21 heavy (non-hydrogen) atoms. The van der Waals surface area contributed by atoms with Crippen LogP contribution in [0.25, 0.3) is 0 Å². The third-order valence-corrected chi connectivity index (χ3v) is 4.46. The summed E-state index contributed by atoms with van der Waals surface area (Å²) in [6.45, 7) is 5.76. The Labute approximate surface area is 144 Å². The number of benzene rings is 1. The second kappa shape index (κ2) is 9.29. The summed E-state index contributed by atoms with van der Waals surface area (Å²) in [5.41, 5.74) is 3.92. The summed E-state index contributed by atoms with van der Waals surface area (Å²) in [4.78, 5) is 1.55. The van der Waals surface area contributed by atoms with Crippen molar-refractivity contribution in [2.75, 3.05) is 39.4 Å². The van der Waals surface area contributed by atoms with Crippen LogP contribution in [0.2, 0.25) is 0 Å². The lowest BCUT2D eigenvalue weighted by atomic mass is 10.2. The van der Waals surface area contributed by atoms with E-state index in [2.05, 4.69) is 38.4 Å². The number of nitrogens with one attached hydrogen (secondary N) is 3. The molecular weight excluding hydrogens is 399 g/mol. The first-order chi connectivity index (χ1) is 10.3. The van der Waals surface area contributed by atoms with Crippen molar-refractivity contribution in [3.63, 3.8) is 0 Å². The van der Waals surface area contributed by atoms with Crippen LogP contribution in [0, 0.1) is 3.57 Å². The lowest BCUT2D eigenvalue weighted by Gasteiger charge is -2.23. The SMILES string of the molecule is S=C(NCC[NH+]1CCOCC1)N/N=C\c1ccccc1I. The number of halogens is 1. The zero-order valence-corrected chi connectivity index (χ0v) is 14.7. The quantitative estimate of drug-likeness (QED) is 0.272. The highest BCUT2D eigenvalue weighted by molar-refractivity contribution is 14.1. The number of nitrogens with zero attached hydrogens (tertiary/aromatic N) is 1. The number of hydrazone groups is 1. The van der Waals surface area contributed by atoms with Gasteiger partial charge in [0.1, 0.15) is 13.1 Å². The Balaban J connectivity index is 1.64. The first kappa shape index (κ1) is 16.6. The van der Waals surface area contributed by atoms with Crippen LogP contribution in [-0.2, 0) is 4.74 Å². The number of rotatable bonds is 5. The summed E-state index contributed by atoms with van der Waals surface area (Å²) in [5, 5.41) is 7.89. The van der Waals surface area contributed by atoms with Gasteiger partial charge in [-0.3, -0.25) is 5.43 Å². The van der Waals surface area contributed by atoms with Gasteiger partial charge < -0.3 is 15.0 Å². The predicted molar refractivity (Wildman–Crippen MR) is 96.9 cm³/mol. The van der Waals surface area contributed by atoms with E-state index in [1.165, 1.54) is 0 Å². The van der Waals surface area contributed by atoms with Crippen molar-refractivity contribution in [3.8, 4) is 0 Å². The van der Waals surface area contributed by atoms with E-state index in [0.717, 1.165) is 48.5 Å². The van der Waals surface area contributed by atoms with Gasteiger partial charge in [-0.25, -0.2) is 0 Å². The number of hydrogen-bond donors (Lipinski definition) is 3. The molecule has 0 radical (unpaired) electrons. The second-order valence-corrected chi connectivity index (χ2v) is 6.33. The van der Waals surface area contributed by atoms with Gasteiger partial charge in [0.2, 0.25) is 0 Å². The van der Waals surface area contributed by atoms with Crippen molar-refractivity contribution in [1.29, 1.82) is 0 Å². The molecule has 2 rings (SSSR count). The largest absolute Gasteiger partial charge is 0.370 e. The molecule has 0 bridgehead atoms. The lowest BCUT2D eigenvalue weighted by Crippen LogP contribution is -3.14. The minimum Gasteiger partial charge on any atom is -0.370 e. The molecule has 1 aliphatic heterocycles. The molecule has 1 heterocycles. The van der Waals surface area contributed by atoms with Gasteiger partial charge in [-0.2, -0.15) is 5.10 Å². The molecule has 0 spiro atoms. The topological polar surface area (TPSA) is 50.1 Å². The van der Waals surface area contributed by atoms with Crippen LogP contribution >= 0.6 is 34.8 Å². The van der Waals surface area contributed by atoms with E-state index in [1.807, 2.05) is 24.3 Å². The summed E-state index contributed by atoms with van der Waals surface area (Å²) < 4.78 is 6.50. The molecule has 7 heteroatoms. The first-order valence-corrected chi connectivity index (χ1v) is 8.47. The predicted octanol–water partition coefficient (Wildman–Crippen LogP) is 0.00430. The van der Waals surface area contributed by atoms with Crippen LogP contribution in [0.3, 0.4) is 0 Å². The summed E-state index contributed by atoms with van der Waals surface area (Å²) >= 11 is 7.48. The third kappa shape index (κ3) is 6.25. The average molecular weight is 419 g/mol. The summed E-state index contributed by atoms with van der Waals surface area (Å²) in [6, 6.07) is 8.06. The normalized spacial score (nSPS) is 16.0. The maximum Gasteiger partial charge on any atom is 0.187 e. The molecule has 0 aliphatic carbocycles. The van der Waals surface area contributed by atoms with Crippen molar-refractivity contribution >= 4 is 46.1 Å². The van der Waals surface area contributed by atoms with Crippen LogP contribution in [0.5, 0.6) is 0 Å². The highest BCUT2D eigenvalue weighted by atomic mass is 127. The molecule has 1 aromatic carbocycles. The molecule has 1 aliphatic rings. The molecule has 0 unspecified atom stereocenters. The molecule has 0 atom stereocenters. The standard InChI is InChI=1S/C14H19IN4OS/c15-13-4-2-1-3-12(13)11-17-18-14(21)16-5-6-19-7-9-20-10-8-19/h1-4,11H,5-10H2,(H2,16,18,21)/p+1/b17-11-. The Morgan fingerprint density at radius 3 is 2.90 bits per heavy atom. The van der Waals surface area contributed by atoms with Crippen LogP contribution < -0.4 is 15.6 Å². The molecule has 5 nitrogen and oxygen atoms in total. The fourth-order valence-corrected chi connectivity index (χ4v) is 2.72. The van der Waals surface area contributed by atoms with Gasteiger partial charge in [-0.05, 0) is 40.9 Å². The van der Waals surface area contributed by atoms with Crippen molar-refractivity contribution in [3.05, 3.63) is 33.4 Å². The van der Waals surface area contributed by atoms with Crippen LogP contribution in [-0.4, -0.2) is 50.7 Å². The molecular formula is C14H20IN4OS+. The molecule has 0 amide bonds. The lowest BCUT2D eigenvalue weighted by molar-refractivity contribution is -0.906. The number of ether oxygens (including phenoxy) is 1. The minimum atomic E-state index is 0.560. The Morgan fingerprint density at radius 1 is 1.38 bits per heavy atom. The van der Waals surface area contributed by atoms with Crippen LogP contribution in [0.4, 0.5) is 0 Å². The highest BCUT2D eigenvalue weighted by Crippen LogP contribution is 2.08. The Morgan fingerprint density at radius 2 is 2.14 bits per heavy atom. The number of hydrogen-bond acceptors (Lipinski definition) is 3. The van der Waals surface area contributed by atoms with Crippen molar-refractivity contribution in [1.82, 2.24) is 10.7 Å². The second-order valence-electron chi connectivity index (χ2n) is 4.76. The third-order valence-electron chi connectivity index (χ3n) is 3.24. The number of morpholine rings is 1. The van der Waals surface area contributed by atoms with E-state index in [4.69, 9.17) is 17.0 Å². The fourth-order valence-electron chi connectivity index (χ4n) is 2.04. The van der Waals surface area contributed by atoms with Gasteiger partial charge in [0, 0.05) is 9.13 Å². The Hall–Kier alpha value is -0.770. The maximum absolute atomic E-state index is 5.33. The Kier molecular flexibility index (Phi) is 7.34. The first-order valence-electron chi connectivity index (χ1n) is 6.98. The maximum atomic E-state index is 5.33.